The first kappa shape index (κ1) is 12.0. The third kappa shape index (κ3) is 3.54. The molecule has 0 bridgehead atoms. The van der Waals surface area contributed by atoms with Crippen LogP contribution >= 0.6 is 0 Å². The lowest BCUT2D eigenvalue weighted by atomic mass is 10.3. The van der Waals surface area contributed by atoms with Crippen LogP contribution in [-0.4, -0.2) is 14.4 Å². The van der Waals surface area contributed by atoms with Crippen LogP contribution in [0.5, 0.6) is 0 Å². The summed E-state index contributed by atoms with van der Waals surface area (Å²) < 4.78 is 6.06. The summed E-state index contributed by atoms with van der Waals surface area (Å²) in [7, 11) is -1.78. The quantitative estimate of drug-likeness (QED) is 0.557. The second kappa shape index (κ2) is 5.15. The predicted octanol–water partition coefficient (Wildman–Crippen LogP) is 2.53. The van der Waals surface area contributed by atoms with E-state index in [-0.39, 0.29) is 6.10 Å². The van der Waals surface area contributed by atoms with Gasteiger partial charge in [0.2, 0.25) is 8.32 Å². The van der Waals surface area contributed by atoms with Crippen LogP contribution in [0.25, 0.3) is 0 Å². The van der Waals surface area contributed by atoms with Crippen molar-refractivity contribution in [2.75, 3.05) is 0 Å². The molecular weight excluding hydrogens is 200 g/mol. The normalized spacial score (nSPS) is 13.2. The van der Waals surface area contributed by atoms with E-state index in [2.05, 4.69) is 43.3 Å². The summed E-state index contributed by atoms with van der Waals surface area (Å²) in [5.74, 6) is 2.64. The Morgan fingerprint density at radius 2 is 1.93 bits per heavy atom. The van der Waals surface area contributed by atoms with E-state index in [1.807, 2.05) is 13.0 Å². The molecule has 15 heavy (non-hydrogen) atoms. The van der Waals surface area contributed by atoms with Crippen LogP contribution in [0.3, 0.4) is 0 Å². The minimum Gasteiger partial charge on any atom is -0.409 e. The number of hydrogen-bond acceptors (Lipinski definition) is 1. The van der Waals surface area contributed by atoms with Gasteiger partial charge < -0.3 is 4.43 Å². The Balaban J connectivity index is 2.72. The largest absolute Gasteiger partial charge is 0.409 e. The molecule has 1 rings (SSSR count). The maximum atomic E-state index is 6.06. The lowest BCUT2D eigenvalue weighted by Gasteiger charge is -2.26. The van der Waals surface area contributed by atoms with Gasteiger partial charge in [-0.25, -0.2) is 0 Å². The average molecular weight is 218 g/mol. The van der Waals surface area contributed by atoms with Gasteiger partial charge in [-0.2, -0.15) is 0 Å². The topological polar surface area (TPSA) is 9.23 Å². The van der Waals surface area contributed by atoms with Gasteiger partial charge in [-0.1, -0.05) is 30.3 Å². The predicted molar refractivity (Wildman–Crippen MR) is 67.6 cm³/mol. The Bertz CT molecular complexity index is 337. The lowest BCUT2D eigenvalue weighted by molar-refractivity contribution is 0.223. The van der Waals surface area contributed by atoms with Gasteiger partial charge in [0.25, 0.3) is 0 Å². The highest BCUT2D eigenvalue weighted by molar-refractivity contribution is 6.84. The first-order chi connectivity index (χ1) is 7.06. The van der Waals surface area contributed by atoms with Crippen LogP contribution in [0.15, 0.2) is 30.3 Å². The van der Waals surface area contributed by atoms with Crippen LogP contribution in [0.2, 0.25) is 13.1 Å². The molecule has 0 amide bonds. The molecule has 0 aromatic heterocycles. The molecule has 0 saturated heterocycles. The van der Waals surface area contributed by atoms with Gasteiger partial charge in [0.05, 0.1) is 6.10 Å². The highest BCUT2D eigenvalue weighted by Crippen LogP contribution is 2.10. The SMILES string of the molecule is C#CCC(C)O[Si](C)(C)c1ccccc1. The van der Waals surface area contributed by atoms with Crippen molar-refractivity contribution < 1.29 is 4.43 Å². The van der Waals surface area contributed by atoms with Crippen molar-refractivity contribution >= 4 is 13.5 Å². The first-order valence-electron chi connectivity index (χ1n) is 5.23. The van der Waals surface area contributed by atoms with Crippen molar-refractivity contribution in [1.29, 1.82) is 0 Å². The summed E-state index contributed by atoms with van der Waals surface area (Å²) in [5, 5.41) is 1.31. The summed E-state index contributed by atoms with van der Waals surface area (Å²) in [6.45, 7) is 6.45. The third-order valence-electron chi connectivity index (χ3n) is 2.37. The van der Waals surface area contributed by atoms with Crippen LogP contribution in [0, 0.1) is 12.3 Å². The zero-order valence-electron chi connectivity index (χ0n) is 9.66. The fourth-order valence-corrected chi connectivity index (χ4v) is 3.84. The van der Waals surface area contributed by atoms with Crippen molar-refractivity contribution in [3.63, 3.8) is 0 Å². The second-order valence-electron chi connectivity index (χ2n) is 4.21. The van der Waals surface area contributed by atoms with Crippen LogP contribution in [0.1, 0.15) is 13.3 Å². The molecule has 2 heteroatoms. The smallest absolute Gasteiger partial charge is 0.218 e. The zero-order chi connectivity index (χ0) is 11.3. The molecule has 1 aromatic rings. The molecule has 0 aliphatic heterocycles. The van der Waals surface area contributed by atoms with Crippen LogP contribution in [0.4, 0.5) is 0 Å². The van der Waals surface area contributed by atoms with E-state index in [0.29, 0.717) is 6.42 Å². The number of rotatable bonds is 4. The van der Waals surface area contributed by atoms with Crippen LogP contribution < -0.4 is 5.19 Å². The molecule has 0 aliphatic rings. The van der Waals surface area contributed by atoms with E-state index >= 15 is 0 Å². The van der Waals surface area contributed by atoms with Gasteiger partial charge in [0, 0.05) is 6.42 Å². The monoisotopic (exact) mass is 218 g/mol. The average Bonchev–Trinajstić information content (AvgIpc) is 2.18. The highest BCUT2D eigenvalue weighted by Gasteiger charge is 2.26. The van der Waals surface area contributed by atoms with Crippen molar-refractivity contribution in [1.82, 2.24) is 0 Å². The van der Waals surface area contributed by atoms with Gasteiger partial charge in [-0.3, -0.25) is 0 Å². The zero-order valence-corrected chi connectivity index (χ0v) is 10.7. The third-order valence-corrected chi connectivity index (χ3v) is 5.09. The fraction of sp³-hybridized carbons (Fsp3) is 0.385. The molecule has 1 aromatic carbocycles. The molecule has 0 radical (unpaired) electrons. The Hall–Kier alpha value is -1.04. The van der Waals surface area contributed by atoms with E-state index in [0.717, 1.165) is 0 Å². The molecule has 0 saturated carbocycles. The molecule has 1 nitrogen and oxygen atoms in total. The highest BCUT2D eigenvalue weighted by atomic mass is 28.4. The molecule has 80 valence electrons. The van der Waals surface area contributed by atoms with Crippen molar-refractivity contribution in [3.8, 4) is 12.3 Å². The maximum Gasteiger partial charge on any atom is 0.218 e. The van der Waals surface area contributed by atoms with Crippen LogP contribution in [-0.2, 0) is 4.43 Å². The van der Waals surface area contributed by atoms with Gasteiger partial charge >= 0.3 is 0 Å². The Morgan fingerprint density at radius 3 is 2.47 bits per heavy atom. The van der Waals surface area contributed by atoms with E-state index in [9.17, 15) is 0 Å². The van der Waals surface area contributed by atoms with Gasteiger partial charge in [-0.15, -0.1) is 12.3 Å². The molecule has 0 heterocycles. The standard InChI is InChI=1S/C13H18OSi/c1-5-9-12(2)14-15(3,4)13-10-7-6-8-11-13/h1,6-8,10-12H,9H2,2-4H3. The minimum atomic E-state index is -1.78. The van der Waals surface area contributed by atoms with Gasteiger partial charge in [0.15, 0.2) is 0 Å². The Morgan fingerprint density at radius 1 is 1.33 bits per heavy atom. The van der Waals surface area contributed by atoms with Gasteiger partial charge in [0.1, 0.15) is 0 Å². The van der Waals surface area contributed by atoms with Crippen molar-refractivity contribution in [3.05, 3.63) is 30.3 Å². The summed E-state index contributed by atoms with van der Waals surface area (Å²) >= 11 is 0. The molecule has 0 spiro atoms. The van der Waals surface area contributed by atoms with Crippen molar-refractivity contribution in [2.24, 2.45) is 0 Å². The molecule has 0 aliphatic carbocycles. The van der Waals surface area contributed by atoms with E-state index in [4.69, 9.17) is 10.8 Å². The second-order valence-corrected chi connectivity index (χ2v) is 8.05. The number of hydrogen-bond donors (Lipinski definition) is 0. The summed E-state index contributed by atoms with van der Waals surface area (Å²) in [6, 6.07) is 10.4. The van der Waals surface area contributed by atoms with E-state index in [1.54, 1.807) is 0 Å². The van der Waals surface area contributed by atoms with E-state index in [1.165, 1.54) is 5.19 Å². The molecular formula is C13H18OSi. The minimum absolute atomic E-state index is 0.150. The fourth-order valence-electron chi connectivity index (χ4n) is 1.62. The Labute approximate surface area is 93.6 Å². The molecule has 1 atom stereocenters. The summed E-state index contributed by atoms with van der Waals surface area (Å²) in [5.41, 5.74) is 0. The summed E-state index contributed by atoms with van der Waals surface area (Å²) in [4.78, 5) is 0. The summed E-state index contributed by atoms with van der Waals surface area (Å²) in [6.07, 6.45) is 6.11. The first-order valence-corrected chi connectivity index (χ1v) is 8.14. The molecule has 1 unspecified atom stereocenters. The Kier molecular flexibility index (Phi) is 4.13. The maximum absolute atomic E-state index is 6.06. The van der Waals surface area contributed by atoms with Gasteiger partial charge in [-0.05, 0) is 25.2 Å². The molecule has 0 N–H and O–H groups in total. The number of benzene rings is 1. The van der Waals surface area contributed by atoms with E-state index < -0.39 is 8.32 Å². The van der Waals surface area contributed by atoms with Crippen molar-refractivity contribution in [2.45, 2.75) is 32.5 Å². The number of terminal acetylenes is 1. The lowest BCUT2D eigenvalue weighted by Crippen LogP contribution is -2.46. The molecule has 0 fully saturated rings.